The molecule has 1 aliphatic rings. The molecule has 2 rings (SSSR count). The molecule has 1 heterocycles. The van der Waals surface area contributed by atoms with Crippen LogP contribution in [0, 0.1) is 11.8 Å². The first-order valence-corrected chi connectivity index (χ1v) is 6.31. The van der Waals surface area contributed by atoms with Crippen molar-refractivity contribution in [3.63, 3.8) is 0 Å². The zero-order valence-electron chi connectivity index (χ0n) is 9.58. The molecule has 1 aromatic heterocycles. The summed E-state index contributed by atoms with van der Waals surface area (Å²) in [6.45, 7) is 4.28. The van der Waals surface area contributed by atoms with Crippen LogP contribution in [-0.4, -0.2) is 23.5 Å². The molecule has 0 bridgehead atoms. The van der Waals surface area contributed by atoms with E-state index in [4.69, 9.17) is 23.2 Å². The van der Waals surface area contributed by atoms with Gasteiger partial charge in [0.1, 0.15) is 10.3 Å². The Balaban J connectivity index is 1.92. The summed E-state index contributed by atoms with van der Waals surface area (Å²) in [6, 6.07) is 3.74. The van der Waals surface area contributed by atoms with Crippen molar-refractivity contribution in [2.24, 2.45) is 11.8 Å². The molecular weight excluding hydrogens is 243 g/mol. The molecule has 4 heteroatoms. The summed E-state index contributed by atoms with van der Waals surface area (Å²) in [4.78, 5) is 6.34. The van der Waals surface area contributed by atoms with Crippen LogP contribution in [0.1, 0.15) is 18.9 Å². The maximum absolute atomic E-state index is 6.03. The summed E-state index contributed by atoms with van der Waals surface area (Å²) in [5, 5.41) is 0.968. The fourth-order valence-electron chi connectivity index (χ4n) is 1.97. The van der Waals surface area contributed by atoms with E-state index in [1.807, 2.05) is 6.07 Å². The van der Waals surface area contributed by atoms with Crippen molar-refractivity contribution in [3.05, 3.63) is 28.0 Å². The molecule has 0 aromatic carbocycles. The van der Waals surface area contributed by atoms with E-state index in [0.717, 1.165) is 30.5 Å². The van der Waals surface area contributed by atoms with Gasteiger partial charge in [0, 0.05) is 18.7 Å². The van der Waals surface area contributed by atoms with Crippen LogP contribution >= 0.6 is 23.2 Å². The molecule has 2 unspecified atom stereocenters. The second-order valence-corrected chi connectivity index (χ2v) is 5.50. The van der Waals surface area contributed by atoms with Crippen molar-refractivity contribution in [2.75, 3.05) is 13.6 Å². The number of halogens is 2. The van der Waals surface area contributed by atoms with Crippen LogP contribution in [0.5, 0.6) is 0 Å². The second-order valence-electron chi connectivity index (χ2n) is 4.75. The van der Waals surface area contributed by atoms with E-state index in [2.05, 4.69) is 23.9 Å². The van der Waals surface area contributed by atoms with Crippen LogP contribution in [0.15, 0.2) is 12.1 Å². The summed E-state index contributed by atoms with van der Waals surface area (Å²) in [5.41, 5.74) is 1.04. The van der Waals surface area contributed by atoms with Crippen molar-refractivity contribution in [1.82, 2.24) is 9.88 Å². The minimum absolute atomic E-state index is 0.451. The van der Waals surface area contributed by atoms with Crippen molar-refractivity contribution in [2.45, 2.75) is 19.9 Å². The molecule has 2 atom stereocenters. The normalized spacial score (nSPS) is 23.8. The first-order valence-electron chi connectivity index (χ1n) is 5.55. The van der Waals surface area contributed by atoms with Crippen LogP contribution in [0.4, 0.5) is 0 Å². The smallest absolute Gasteiger partial charge is 0.135 e. The molecule has 2 nitrogen and oxygen atoms in total. The molecule has 0 saturated heterocycles. The maximum Gasteiger partial charge on any atom is 0.135 e. The van der Waals surface area contributed by atoms with Gasteiger partial charge >= 0.3 is 0 Å². The summed E-state index contributed by atoms with van der Waals surface area (Å²) < 4.78 is 0. The highest BCUT2D eigenvalue weighted by atomic mass is 35.5. The van der Waals surface area contributed by atoms with Gasteiger partial charge in [-0.05, 0) is 31.4 Å². The third-order valence-corrected chi connectivity index (χ3v) is 3.69. The number of rotatable bonds is 4. The maximum atomic E-state index is 6.03. The fraction of sp³-hybridized carbons (Fsp3) is 0.583. The Morgan fingerprint density at radius 2 is 2.12 bits per heavy atom. The highest BCUT2D eigenvalue weighted by Crippen LogP contribution is 2.38. The van der Waals surface area contributed by atoms with Crippen molar-refractivity contribution in [3.8, 4) is 0 Å². The van der Waals surface area contributed by atoms with E-state index in [-0.39, 0.29) is 0 Å². The highest BCUT2D eigenvalue weighted by Gasteiger charge is 2.33. The summed E-state index contributed by atoms with van der Waals surface area (Å²) in [7, 11) is 2.12. The average Bonchev–Trinajstić information content (AvgIpc) is 2.86. The first kappa shape index (κ1) is 12.2. The molecular formula is C12H16Cl2N2. The molecule has 16 heavy (non-hydrogen) atoms. The SMILES string of the molecule is CC1CC1CN(C)Cc1ccc(Cl)nc1Cl. The van der Waals surface area contributed by atoms with Gasteiger partial charge in [0.25, 0.3) is 0 Å². The zero-order chi connectivity index (χ0) is 11.7. The Labute approximate surface area is 107 Å². The lowest BCUT2D eigenvalue weighted by Crippen LogP contribution is -2.21. The number of nitrogens with zero attached hydrogens (tertiary/aromatic N) is 2. The van der Waals surface area contributed by atoms with Crippen molar-refractivity contribution >= 4 is 23.2 Å². The molecule has 1 aromatic rings. The Hall–Kier alpha value is -0.310. The number of aromatic nitrogens is 1. The van der Waals surface area contributed by atoms with Gasteiger partial charge in [0.2, 0.25) is 0 Å². The molecule has 0 aliphatic heterocycles. The van der Waals surface area contributed by atoms with Gasteiger partial charge in [-0.3, -0.25) is 0 Å². The quantitative estimate of drug-likeness (QED) is 0.769. The Bertz CT molecular complexity index is 381. The molecule has 1 aliphatic carbocycles. The third-order valence-electron chi connectivity index (χ3n) is 3.15. The zero-order valence-corrected chi connectivity index (χ0v) is 11.1. The van der Waals surface area contributed by atoms with Crippen molar-refractivity contribution in [1.29, 1.82) is 0 Å². The third kappa shape index (κ3) is 3.09. The topological polar surface area (TPSA) is 16.1 Å². The van der Waals surface area contributed by atoms with Gasteiger partial charge < -0.3 is 4.90 Å². The Morgan fingerprint density at radius 3 is 2.69 bits per heavy atom. The number of hydrogen-bond acceptors (Lipinski definition) is 2. The molecule has 1 fully saturated rings. The summed E-state index contributed by atoms with van der Waals surface area (Å²) >= 11 is 11.8. The van der Waals surface area contributed by atoms with Gasteiger partial charge in [-0.1, -0.05) is 36.2 Å². The first-order chi connectivity index (χ1) is 7.56. The summed E-state index contributed by atoms with van der Waals surface area (Å²) in [5.74, 6) is 1.75. The van der Waals surface area contributed by atoms with E-state index in [0.29, 0.717) is 10.3 Å². The van der Waals surface area contributed by atoms with Gasteiger partial charge in [-0.2, -0.15) is 0 Å². The lowest BCUT2D eigenvalue weighted by molar-refractivity contribution is 0.307. The minimum Gasteiger partial charge on any atom is -0.302 e. The van der Waals surface area contributed by atoms with E-state index in [1.54, 1.807) is 6.07 Å². The Kier molecular flexibility index (Phi) is 3.73. The molecule has 1 saturated carbocycles. The largest absolute Gasteiger partial charge is 0.302 e. The van der Waals surface area contributed by atoms with Crippen LogP contribution in [0.3, 0.4) is 0 Å². The van der Waals surface area contributed by atoms with Crippen molar-refractivity contribution < 1.29 is 0 Å². The van der Waals surface area contributed by atoms with E-state index >= 15 is 0 Å². The molecule has 0 amide bonds. The fourth-order valence-corrected chi connectivity index (χ4v) is 2.37. The average molecular weight is 259 g/mol. The van der Waals surface area contributed by atoms with Gasteiger partial charge in [0.05, 0.1) is 0 Å². The van der Waals surface area contributed by atoms with Gasteiger partial charge in [-0.15, -0.1) is 0 Å². The molecule has 0 spiro atoms. The standard InChI is InChI=1S/C12H16Cl2N2/c1-8-5-10(8)7-16(2)6-9-3-4-11(13)15-12(9)14/h3-4,8,10H,5-7H2,1-2H3. The van der Waals surface area contributed by atoms with E-state index in [9.17, 15) is 0 Å². The van der Waals surface area contributed by atoms with Gasteiger partial charge in [0.15, 0.2) is 0 Å². The molecule has 0 radical (unpaired) electrons. The van der Waals surface area contributed by atoms with E-state index < -0.39 is 0 Å². The van der Waals surface area contributed by atoms with Crippen LogP contribution in [0.2, 0.25) is 10.3 Å². The summed E-state index contributed by atoms with van der Waals surface area (Å²) in [6.07, 6.45) is 1.36. The van der Waals surface area contributed by atoms with Crippen LogP contribution in [0.25, 0.3) is 0 Å². The second kappa shape index (κ2) is 4.91. The minimum atomic E-state index is 0.451. The predicted octanol–water partition coefficient (Wildman–Crippen LogP) is 3.48. The monoisotopic (exact) mass is 258 g/mol. The lowest BCUT2D eigenvalue weighted by atomic mass is 10.2. The molecule has 88 valence electrons. The van der Waals surface area contributed by atoms with E-state index in [1.165, 1.54) is 6.42 Å². The van der Waals surface area contributed by atoms with Gasteiger partial charge in [-0.25, -0.2) is 4.98 Å². The Morgan fingerprint density at radius 1 is 1.44 bits per heavy atom. The van der Waals surface area contributed by atoms with Crippen LogP contribution in [-0.2, 0) is 6.54 Å². The lowest BCUT2D eigenvalue weighted by Gasteiger charge is -2.17. The highest BCUT2D eigenvalue weighted by molar-refractivity contribution is 6.32. The number of pyridine rings is 1. The van der Waals surface area contributed by atoms with Crippen LogP contribution < -0.4 is 0 Å². The number of hydrogen-bond donors (Lipinski definition) is 0. The predicted molar refractivity (Wildman–Crippen MR) is 67.9 cm³/mol. The molecule has 0 N–H and O–H groups in total.